The first-order valence-corrected chi connectivity index (χ1v) is 6.83. The number of hydrogen-bond donors (Lipinski definition) is 2. The van der Waals surface area contributed by atoms with Crippen molar-refractivity contribution in [1.82, 2.24) is 0 Å². The number of aliphatic hydroxyl groups excluding tert-OH is 1. The predicted molar refractivity (Wildman–Crippen MR) is 80.7 cm³/mol. The number of aryl methyl sites for hydroxylation is 1. The Hall–Kier alpha value is -1.51. The number of hydrogen-bond acceptors (Lipinski definition) is 2. The van der Waals surface area contributed by atoms with E-state index in [0.717, 1.165) is 17.7 Å². The zero-order valence-electron chi connectivity index (χ0n) is 10.9. The summed E-state index contributed by atoms with van der Waals surface area (Å²) in [5.74, 6) is 0. The topological polar surface area (TPSA) is 32.3 Å². The van der Waals surface area contributed by atoms with Crippen molar-refractivity contribution in [2.24, 2.45) is 0 Å². The van der Waals surface area contributed by atoms with Crippen LogP contribution >= 0.6 is 11.6 Å². The maximum Gasteiger partial charge on any atom is 0.0747 e. The van der Waals surface area contributed by atoms with E-state index in [2.05, 4.69) is 24.4 Å². The van der Waals surface area contributed by atoms with Gasteiger partial charge in [0, 0.05) is 10.7 Å². The molecule has 19 heavy (non-hydrogen) atoms. The van der Waals surface area contributed by atoms with Crippen LogP contribution in [0.3, 0.4) is 0 Å². The molecule has 1 unspecified atom stereocenters. The number of nitrogens with one attached hydrogen (secondary N) is 1. The molecule has 0 aliphatic carbocycles. The summed E-state index contributed by atoms with van der Waals surface area (Å²) in [5, 5.41) is 13.7. The third kappa shape index (κ3) is 3.49. The van der Waals surface area contributed by atoms with E-state index < -0.39 is 0 Å². The Morgan fingerprint density at radius 3 is 2.42 bits per heavy atom. The number of aliphatic hydroxyl groups is 1. The predicted octanol–water partition coefficient (Wildman–Crippen LogP) is 4.05. The Labute approximate surface area is 119 Å². The molecule has 3 heteroatoms. The third-order valence-electron chi connectivity index (χ3n) is 3.18. The molecule has 1 atom stereocenters. The van der Waals surface area contributed by atoms with Crippen LogP contribution in [-0.2, 0) is 6.42 Å². The Morgan fingerprint density at radius 2 is 1.79 bits per heavy atom. The first-order valence-electron chi connectivity index (χ1n) is 6.45. The number of benzene rings is 2. The smallest absolute Gasteiger partial charge is 0.0747 e. The number of anilines is 1. The molecule has 0 amide bonds. The van der Waals surface area contributed by atoms with Crippen molar-refractivity contribution in [3.63, 3.8) is 0 Å². The molecule has 0 aromatic heterocycles. The Morgan fingerprint density at radius 1 is 1.11 bits per heavy atom. The number of halogens is 1. The molecule has 0 saturated heterocycles. The lowest BCUT2D eigenvalue weighted by atomic mass is 9.99. The molecule has 2 aromatic carbocycles. The van der Waals surface area contributed by atoms with Gasteiger partial charge < -0.3 is 10.4 Å². The summed E-state index contributed by atoms with van der Waals surface area (Å²) < 4.78 is 0. The van der Waals surface area contributed by atoms with Gasteiger partial charge in [0.1, 0.15) is 0 Å². The van der Waals surface area contributed by atoms with Crippen LogP contribution in [-0.4, -0.2) is 11.7 Å². The van der Waals surface area contributed by atoms with Crippen LogP contribution in [0.1, 0.15) is 24.1 Å². The van der Waals surface area contributed by atoms with Crippen LogP contribution < -0.4 is 5.32 Å². The molecule has 0 aliphatic rings. The molecule has 0 radical (unpaired) electrons. The average Bonchev–Trinajstić information content (AvgIpc) is 2.46. The quantitative estimate of drug-likeness (QED) is 0.863. The Bertz CT molecular complexity index is 525. The van der Waals surface area contributed by atoms with Crippen molar-refractivity contribution in [1.29, 1.82) is 0 Å². The Balaban J connectivity index is 2.22. The van der Waals surface area contributed by atoms with E-state index in [1.165, 1.54) is 5.56 Å². The highest BCUT2D eigenvalue weighted by atomic mass is 35.5. The van der Waals surface area contributed by atoms with Crippen molar-refractivity contribution < 1.29 is 5.11 Å². The zero-order valence-corrected chi connectivity index (χ0v) is 11.7. The largest absolute Gasteiger partial charge is 0.394 e. The van der Waals surface area contributed by atoms with Gasteiger partial charge in [0.15, 0.2) is 0 Å². The molecule has 100 valence electrons. The molecular weight excluding hydrogens is 258 g/mol. The van der Waals surface area contributed by atoms with Gasteiger partial charge in [-0.05, 0) is 41.8 Å². The van der Waals surface area contributed by atoms with Crippen molar-refractivity contribution in [2.45, 2.75) is 19.4 Å². The third-order valence-corrected chi connectivity index (χ3v) is 3.43. The highest BCUT2D eigenvalue weighted by Gasteiger charge is 2.13. The van der Waals surface area contributed by atoms with Gasteiger partial charge in [0.2, 0.25) is 0 Å². The minimum atomic E-state index is -0.0997. The zero-order chi connectivity index (χ0) is 13.7. The van der Waals surface area contributed by atoms with Gasteiger partial charge in [-0.2, -0.15) is 0 Å². The van der Waals surface area contributed by atoms with E-state index in [-0.39, 0.29) is 12.6 Å². The van der Waals surface area contributed by atoms with Crippen LogP contribution in [0.5, 0.6) is 0 Å². The van der Waals surface area contributed by atoms with Gasteiger partial charge in [0.05, 0.1) is 12.6 Å². The van der Waals surface area contributed by atoms with Crippen LogP contribution in [0.25, 0.3) is 0 Å². The van der Waals surface area contributed by atoms with Crippen molar-refractivity contribution in [2.75, 3.05) is 11.9 Å². The second-order valence-corrected chi connectivity index (χ2v) is 4.88. The van der Waals surface area contributed by atoms with Crippen molar-refractivity contribution >= 4 is 17.3 Å². The molecule has 2 rings (SSSR count). The normalized spacial score (nSPS) is 12.2. The summed E-state index contributed by atoms with van der Waals surface area (Å²) >= 11 is 5.87. The van der Waals surface area contributed by atoms with Gasteiger partial charge in [-0.3, -0.25) is 0 Å². The Kier molecular flexibility index (Phi) is 4.83. The summed E-state index contributed by atoms with van der Waals surface area (Å²) in [4.78, 5) is 0. The fourth-order valence-corrected chi connectivity index (χ4v) is 2.29. The molecule has 2 aromatic rings. The van der Waals surface area contributed by atoms with Crippen molar-refractivity contribution in [3.8, 4) is 0 Å². The van der Waals surface area contributed by atoms with Gasteiger partial charge in [0.25, 0.3) is 0 Å². The van der Waals surface area contributed by atoms with Gasteiger partial charge in [-0.15, -0.1) is 0 Å². The fourth-order valence-electron chi connectivity index (χ4n) is 2.17. The van der Waals surface area contributed by atoms with Crippen LogP contribution in [0.2, 0.25) is 5.02 Å². The van der Waals surface area contributed by atoms with E-state index in [1.54, 1.807) is 0 Å². The summed E-state index contributed by atoms with van der Waals surface area (Å²) in [6.45, 7) is 2.18. The maximum atomic E-state index is 9.63. The van der Waals surface area contributed by atoms with Crippen molar-refractivity contribution in [3.05, 3.63) is 64.7 Å². The minimum absolute atomic E-state index is 0.0552. The molecule has 2 nitrogen and oxygen atoms in total. The second-order valence-electron chi connectivity index (χ2n) is 4.44. The summed E-state index contributed by atoms with van der Waals surface area (Å²) in [6.07, 6.45) is 0.953. The SMILES string of the molecule is CCc1ccccc1C(CO)Nc1ccc(Cl)cc1. The lowest BCUT2D eigenvalue weighted by Gasteiger charge is -2.20. The highest BCUT2D eigenvalue weighted by molar-refractivity contribution is 6.30. The average molecular weight is 276 g/mol. The van der Waals surface area contributed by atoms with Gasteiger partial charge in [-0.25, -0.2) is 0 Å². The standard InChI is InChI=1S/C16H18ClNO/c1-2-12-5-3-4-6-15(12)16(11-19)18-14-9-7-13(17)8-10-14/h3-10,16,18-19H,2,11H2,1H3. The van der Waals surface area contributed by atoms with E-state index in [1.807, 2.05) is 36.4 Å². The monoisotopic (exact) mass is 275 g/mol. The van der Waals surface area contributed by atoms with Gasteiger partial charge in [-0.1, -0.05) is 42.8 Å². The summed E-state index contributed by atoms with van der Waals surface area (Å²) in [6, 6.07) is 15.6. The lowest BCUT2D eigenvalue weighted by molar-refractivity contribution is 0.276. The molecule has 0 aliphatic heterocycles. The summed E-state index contributed by atoms with van der Waals surface area (Å²) in [5.41, 5.74) is 3.35. The van der Waals surface area contributed by atoms with Crippen LogP contribution in [0.15, 0.2) is 48.5 Å². The van der Waals surface area contributed by atoms with E-state index in [9.17, 15) is 5.11 Å². The van der Waals surface area contributed by atoms with Gasteiger partial charge >= 0.3 is 0 Å². The maximum absolute atomic E-state index is 9.63. The number of rotatable bonds is 5. The van der Waals surface area contributed by atoms with Crippen LogP contribution in [0, 0.1) is 0 Å². The van der Waals surface area contributed by atoms with E-state index in [4.69, 9.17) is 11.6 Å². The van der Waals surface area contributed by atoms with E-state index in [0.29, 0.717) is 5.02 Å². The molecule has 0 spiro atoms. The molecule has 0 bridgehead atoms. The molecular formula is C16H18ClNO. The first-order chi connectivity index (χ1) is 9.24. The first kappa shape index (κ1) is 13.9. The second kappa shape index (κ2) is 6.60. The van der Waals surface area contributed by atoms with Crippen LogP contribution in [0.4, 0.5) is 5.69 Å². The summed E-state index contributed by atoms with van der Waals surface area (Å²) in [7, 11) is 0. The highest BCUT2D eigenvalue weighted by Crippen LogP contribution is 2.23. The lowest BCUT2D eigenvalue weighted by Crippen LogP contribution is -2.16. The molecule has 0 heterocycles. The fraction of sp³-hybridized carbons (Fsp3) is 0.250. The molecule has 2 N–H and O–H groups in total. The minimum Gasteiger partial charge on any atom is -0.394 e. The van der Waals surface area contributed by atoms with E-state index >= 15 is 0 Å². The molecule has 0 fully saturated rings. The molecule has 0 saturated carbocycles.